The van der Waals surface area contributed by atoms with Crippen LogP contribution in [0.3, 0.4) is 0 Å². The van der Waals surface area contributed by atoms with Crippen molar-refractivity contribution in [1.29, 1.82) is 0 Å². The summed E-state index contributed by atoms with van der Waals surface area (Å²) >= 11 is 1.31. The molecule has 3 rings (SSSR count). The Bertz CT molecular complexity index is 1570. The second-order valence-electron chi connectivity index (χ2n) is 14.4. The molecule has 1 saturated heterocycles. The molecule has 2 aromatic carbocycles. The first-order valence-electron chi connectivity index (χ1n) is 17.7. The molecule has 1 fully saturated rings. The number of hydroxylamine groups is 1. The van der Waals surface area contributed by atoms with Gasteiger partial charge in [0.2, 0.25) is 23.6 Å². The maximum Gasteiger partial charge on any atom is 0.254 e. The smallest absolute Gasteiger partial charge is 0.254 e. The number of thioether (sulfide) groups is 1. The molecule has 0 unspecified atom stereocenters. The molecule has 0 aromatic heterocycles. The number of carbonyl (C=O) groups excluding carboxylic acids is 6. The maximum absolute atomic E-state index is 14.1. The van der Waals surface area contributed by atoms with Crippen molar-refractivity contribution in [3.05, 3.63) is 71.8 Å². The van der Waals surface area contributed by atoms with Gasteiger partial charge < -0.3 is 30.8 Å². The Morgan fingerprint density at radius 2 is 1.36 bits per heavy atom. The van der Waals surface area contributed by atoms with Crippen LogP contribution in [0.25, 0.3) is 0 Å². The predicted octanol–water partition coefficient (Wildman–Crippen LogP) is 1.46. The van der Waals surface area contributed by atoms with Gasteiger partial charge in [0.05, 0.1) is 19.0 Å². The van der Waals surface area contributed by atoms with Crippen LogP contribution in [0.2, 0.25) is 0 Å². The van der Waals surface area contributed by atoms with Crippen molar-refractivity contribution in [3.8, 4) is 0 Å². The van der Waals surface area contributed by atoms with Gasteiger partial charge in [-0.2, -0.15) is 5.48 Å². The average molecular weight is 755 g/mol. The number of nitrogens with one attached hydrogen (secondary N) is 5. The molecular formula is C38H54N6O8S. The van der Waals surface area contributed by atoms with E-state index in [9.17, 15) is 33.9 Å². The second kappa shape index (κ2) is 19.7. The number of nitrogens with zero attached hydrogens (tertiary/aromatic N) is 1. The van der Waals surface area contributed by atoms with Crippen molar-refractivity contribution in [2.75, 3.05) is 13.0 Å². The van der Waals surface area contributed by atoms with Gasteiger partial charge in [0, 0.05) is 18.1 Å². The van der Waals surface area contributed by atoms with Crippen LogP contribution in [0, 0.1) is 11.8 Å². The highest BCUT2D eigenvalue weighted by Crippen LogP contribution is 2.40. The van der Waals surface area contributed by atoms with Crippen molar-refractivity contribution < 1.29 is 38.7 Å². The maximum atomic E-state index is 14.1. The fourth-order valence-corrected chi connectivity index (χ4v) is 7.26. The summed E-state index contributed by atoms with van der Waals surface area (Å²) in [5, 5.41) is 22.3. The van der Waals surface area contributed by atoms with Crippen molar-refractivity contribution >= 4 is 47.2 Å². The summed E-state index contributed by atoms with van der Waals surface area (Å²) in [5.41, 5.74) is 4.11. The van der Waals surface area contributed by atoms with Gasteiger partial charge in [-0.3, -0.25) is 34.1 Å². The summed E-state index contributed by atoms with van der Waals surface area (Å²) in [5.74, 6) is -4.41. The minimum absolute atomic E-state index is 0.0409. The van der Waals surface area contributed by atoms with Crippen molar-refractivity contribution in [2.24, 2.45) is 11.8 Å². The van der Waals surface area contributed by atoms with E-state index in [0.717, 1.165) is 5.56 Å². The highest BCUT2D eigenvalue weighted by atomic mass is 32.2. The zero-order chi connectivity index (χ0) is 39.5. The number of aliphatic hydroxyl groups is 1. The van der Waals surface area contributed by atoms with Crippen molar-refractivity contribution in [3.63, 3.8) is 0 Å². The quantitative estimate of drug-likeness (QED) is 0.129. The van der Waals surface area contributed by atoms with Crippen LogP contribution in [0.1, 0.15) is 59.6 Å². The molecule has 1 aliphatic heterocycles. The van der Waals surface area contributed by atoms with E-state index in [1.54, 1.807) is 65.8 Å². The third-order valence-corrected chi connectivity index (χ3v) is 10.4. The highest BCUT2D eigenvalue weighted by molar-refractivity contribution is 8.00. The third kappa shape index (κ3) is 12.1. The Hall–Kier alpha value is -4.31. The number of aliphatic hydroxyl groups excluding tert-OH is 1. The monoisotopic (exact) mass is 754 g/mol. The molecule has 1 aliphatic rings. The number of carbonyl (C=O) groups is 6. The normalized spacial score (nSPS) is 18.0. The summed E-state index contributed by atoms with van der Waals surface area (Å²) in [6, 6.07) is 12.9. The lowest BCUT2D eigenvalue weighted by atomic mass is 9.95. The lowest BCUT2D eigenvalue weighted by molar-refractivity contribution is -0.149. The van der Waals surface area contributed by atoms with Crippen LogP contribution >= 0.6 is 11.8 Å². The van der Waals surface area contributed by atoms with Crippen LogP contribution < -0.4 is 26.7 Å². The molecule has 6 amide bonds. The van der Waals surface area contributed by atoms with Gasteiger partial charge in [-0.1, -0.05) is 88.4 Å². The summed E-state index contributed by atoms with van der Waals surface area (Å²) < 4.78 is -0.836. The molecule has 1 heterocycles. The number of hydrogen-bond acceptors (Lipinski definition) is 10. The fraction of sp³-hybridized carbons (Fsp3) is 0.526. The molecule has 2 aromatic rings. The molecule has 6 atom stereocenters. The summed E-state index contributed by atoms with van der Waals surface area (Å²) in [6.07, 6.45) is -1.58. The van der Waals surface area contributed by atoms with Gasteiger partial charge in [0.25, 0.3) is 11.8 Å². The molecule has 0 bridgehead atoms. The molecule has 290 valence electrons. The van der Waals surface area contributed by atoms with E-state index >= 15 is 0 Å². The van der Waals surface area contributed by atoms with E-state index in [2.05, 4.69) is 26.7 Å². The Morgan fingerprint density at radius 3 is 1.87 bits per heavy atom. The van der Waals surface area contributed by atoms with Gasteiger partial charge in [0.15, 0.2) is 6.10 Å². The number of rotatable bonds is 17. The van der Waals surface area contributed by atoms with E-state index < -0.39 is 82.4 Å². The lowest BCUT2D eigenvalue weighted by Gasteiger charge is -2.34. The minimum atomic E-state index is -1.81. The third-order valence-electron chi connectivity index (χ3n) is 9.00. The van der Waals surface area contributed by atoms with E-state index in [0.29, 0.717) is 5.56 Å². The Balaban J connectivity index is 1.87. The summed E-state index contributed by atoms with van der Waals surface area (Å²) in [4.78, 5) is 86.6. The van der Waals surface area contributed by atoms with Gasteiger partial charge >= 0.3 is 0 Å². The van der Waals surface area contributed by atoms with Crippen LogP contribution in [0.15, 0.2) is 60.7 Å². The molecule has 0 saturated carbocycles. The zero-order valence-electron chi connectivity index (χ0n) is 31.7. The van der Waals surface area contributed by atoms with Crippen LogP contribution in [-0.2, 0) is 46.4 Å². The molecule has 15 heteroatoms. The largest absolute Gasteiger partial charge is 0.381 e. The number of amides is 6. The molecule has 14 nitrogen and oxygen atoms in total. The average Bonchev–Trinajstić information content (AvgIpc) is 3.43. The first-order valence-corrected chi connectivity index (χ1v) is 18.7. The molecule has 0 aliphatic carbocycles. The van der Waals surface area contributed by atoms with Crippen LogP contribution in [0.5, 0.6) is 0 Å². The Labute approximate surface area is 315 Å². The standard InChI is InChI=1S/C38H54N6O8S/c1-22(2)29(41-33(47)28(39-24(5)45)20-26-17-13-10-14-18-26)34(48)40-27(19-25-15-11-9-12-16-25)31(46)37(51)44-21-53-38(6,7)32(44)36(50)42-35(49)30(23(3)4)43-52-8/h9-18,22-23,27-32,43,46H,19-21H2,1-8H3,(H,39,45)(H,40,48)(H,41,47)(H,42,49,50)/t27-,28-,29-,30-,31-,32+/m0/s1. The van der Waals surface area contributed by atoms with Gasteiger partial charge in [0.1, 0.15) is 24.2 Å². The van der Waals surface area contributed by atoms with Crippen LogP contribution in [-0.4, -0.2) is 99.5 Å². The fourth-order valence-electron chi connectivity index (χ4n) is 6.12. The Morgan fingerprint density at radius 1 is 0.811 bits per heavy atom. The molecule has 0 radical (unpaired) electrons. The number of benzene rings is 2. The second-order valence-corrected chi connectivity index (χ2v) is 16.0. The lowest BCUT2D eigenvalue weighted by Crippen LogP contribution is -2.62. The minimum Gasteiger partial charge on any atom is -0.381 e. The van der Waals surface area contributed by atoms with Gasteiger partial charge in [-0.15, -0.1) is 11.8 Å². The Kier molecular flexibility index (Phi) is 16.0. The summed E-state index contributed by atoms with van der Waals surface area (Å²) in [7, 11) is 1.36. The molecular weight excluding hydrogens is 701 g/mol. The van der Waals surface area contributed by atoms with Crippen molar-refractivity contribution in [1.82, 2.24) is 31.6 Å². The number of imide groups is 1. The van der Waals surface area contributed by atoms with Gasteiger partial charge in [-0.25, -0.2) is 0 Å². The molecule has 6 N–H and O–H groups in total. The number of hydrogen-bond donors (Lipinski definition) is 6. The molecule has 53 heavy (non-hydrogen) atoms. The first-order chi connectivity index (χ1) is 25.0. The van der Waals surface area contributed by atoms with Crippen LogP contribution in [0.4, 0.5) is 0 Å². The first kappa shape index (κ1) is 43.1. The van der Waals surface area contributed by atoms with Gasteiger partial charge in [-0.05, 0) is 43.2 Å². The summed E-state index contributed by atoms with van der Waals surface area (Å²) in [6.45, 7) is 11.9. The van der Waals surface area contributed by atoms with E-state index in [-0.39, 0.29) is 24.6 Å². The van der Waals surface area contributed by atoms with E-state index in [1.807, 2.05) is 36.4 Å². The molecule has 0 spiro atoms. The zero-order valence-corrected chi connectivity index (χ0v) is 32.5. The topological polar surface area (TPSA) is 195 Å². The predicted molar refractivity (Wildman–Crippen MR) is 202 cm³/mol. The van der Waals surface area contributed by atoms with E-state index in [1.165, 1.54) is 30.7 Å². The van der Waals surface area contributed by atoms with Crippen molar-refractivity contribution in [2.45, 2.75) is 102 Å². The van der Waals surface area contributed by atoms with E-state index in [4.69, 9.17) is 4.84 Å². The highest BCUT2D eigenvalue weighted by Gasteiger charge is 2.50. The SMILES string of the molecule is CON[C@H](C(=O)NC(=O)[C@H]1N(C(=O)[C@@H](O)[C@H](Cc2ccccc2)NC(=O)[C@@H](NC(=O)[C@H](Cc2ccccc2)NC(C)=O)C(C)C)CSC1(C)C)C(C)C.